The second-order valence-corrected chi connectivity index (χ2v) is 7.70. The molecule has 2 saturated heterocycles. The number of hydrogen-bond acceptors (Lipinski definition) is 5. The van der Waals surface area contributed by atoms with E-state index >= 15 is 0 Å². The Bertz CT molecular complexity index is 819. The van der Waals surface area contributed by atoms with Gasteiger partial charge in [0.25, 0.3) is 0 Å². The Kier molecular flexibility index (Phi) is 3.12. The number of aryl methyl sites for hydroxylation is 1. The number of thioether (sulfide) groups is 1. The van der Waals surface area contributed by atoms with Gasteiger partial charge in [-0.2, -0.15) is 5.10 Å². The predicted molar refractivity (Wildman–Crippen MR) is 88.0 cm³/mol. The monoisotopic (exact) mass is 331 g/mol. The zero-order chi connectivity index (χ0) is 16.2. The van der Waals surface area contributed by atoms with Crippen molar-refractivity contribution in [3.8, 4) is 0 Å². The Morgan fingerprint density at radius 3 is 3.22 bits per heavy atom. The molecule has 2 aliphatic rings. The summed E-state index contributed by atoms with van der Waals surface area (Å²) in [6, 6.07) is 1.44. The third-order valence-corrected chi connectivity index (χ3v) is 6.12. The van der Waals surface area contributed by atoms with Crippen LogP contribution >= 0.6 is 11.8 Å². The van der Waals surface area contributed by atoms with Crippen molar-refractivity contribution >= 4 is 40.3 Å². The van der Waals surface area contributed by atoms with Crippen molar-refractivity contribution in [1.29, 1.82) is 0 Å². The van der Waals surface area contributed by atoms with Gasteiger partial charge in [0.15, 0.2) is 5.65 Å². The van der Waals surface area contributed by atoms with E-state index in [0.717, 1.165) is 17.5 Å². The number of carbonyl (C=O) groups excluding carboxylic acids is 2. The smallest absolute Gasteiger partial charge is 0.248 e. The average molecular weight is 331 g/mol. The highest BCUT2D eigenvalue weighted by atomic mass is 32.2. The van der Waals surface area contributed by atoms with E-state index in [4.69, 9.17) is 0 Å². The van der Waals surface area contributed by atoms with Crippen LogP contribution in [0.15, 0.2) is 12.3 Å². The third kappa shape index (κ3) is 2.20. The van der Waals surface area contributed by atoms with Gasteiger partial charge in [0.05, 0.1) is 16.8 Å². The summed E-state index contributed by atoms with van der Waals surface area (Å²) in [5, 5.41) is 10.7. The summed E-state index contributed by atoms with van der Waals surface area (Å²) >= 11 is 1.69. The number of anilines is 1. The normalized spacial score (nSPS) is 26.8. The average Bonchev–Trinajstić information content (AvgIpc) is 3.14. The Balaban J connectivity index is 1.57. The lowest BCUT2D eigenvalue weighted by atomic mass is 10.2. The molecule has 7 nitrogen and oxygen atoms in total. The van der Waals surface area contributed by atoms with Gasteiger partial charge in [-0.3, -0.25) is 14.7 Å². The van der Waals surface area contributed by atoms with Gasteiger partial charge in [-0.1, -0.05) is 0 Å². The number of nitrogens with zero attached hydrogens (tertiary/aromatic N) is 3. The maximum absolute atomic E-state index is 12.6. The van der Waals surface area contributed by atoms with Crippen molar-refractivity contribution in [3.05, 3.63) is 18.0 Å². The Morgan fingerprint density at radius 2 is 2.39 bits per heavy atom. The predicted octanol–water partition coefficient (Wildman–Crippen LogP) is 1.66. The van der Waals surface area contributed by atoms with E-state index in [1.165, 1.54) is 0 Å². The van der Waals surface area contributed by atoms with Crippen molar-refractivity contribution in [2.75, 3.05) is 11.1 Å². The second-order valence-electron chi connectivity index (χ2n) is 6.20. The maximum Gasteiger partial charge on any atom is 0.248 e. The molecule has 0 spiro atoms. The number of aromatic nitrogens is 3. The molecular weight excluding hydrogens is 314 g/mol. The molecule has 2 aliphatic heterocycles. The van der Waals surface area contributed by atoms with Gasteiger partial charge >= 0.3 is 0 Å². The van der Waals surface area contributed by atoms with Crippen LogP contribution in [0.4, 0.5) is 5.69 Å². The molecule has 2 N–H and O–H groups in total. The molecule has 8 heteroatoms. The van der Waals surface area contributed by atoms with E-state index in [2.05, 4.69) is 20.5 Å². The first kappa shape index (κ1) is 14.5. The molecule has 0 aromatic carbocycles. The summed E-state index contributed by atoms with van der Waals surface area (Å²) in [4.78, 5) is 30.5. The molecule has 2 atom stereocenters. The molecule has 120 valence electrons. The molecule has 0 radical (unpaired) electrons. The zero-order valence-electron chi connectivity index (χ0n) is 12.9. The Labute approximate surface area is 137 Å². The van der Waals surface area contributed by atoms with Crippen molar-refractivity contribution in [2.24, 2.45) is 0 Å². The van der Waals surface area contributed by atoms with Crippen molar-refractivity contribution < 1.29 is 9.59 Å². The number of aromatic amines is 1. The lowest BCUT2D eigenvalue weighted by Gasteiger charge is -2.29. The molecule has 2 aromatic heterocycles. The lowest BCUT2D eigenvalue weighted by molar-refractivity contribution is -0.135. The van der Waals surface area contributed by atoms with E-state index in [1.54, 1.807) is 22.9 Å². The number of H-pyrrole nitrogens is 1. The lowest BCUT2D eigenvalue weighted by Crippen LogP contribution is -2.48. The van der Waals surface area contributed by atoms with E-state index in [1.807, 2.05) is 19.9 Å². The summed E-state index contributed by atoms with van der Waals surface area (Å²) in [7, 11) is 0. The first-order chi connectivity index (χ1) is 11.0. The van der Waals surface area contributed by atoms with Crippen LogP contribution in [0.2, 0.25) is 0 Å². The molecule has 2 fully saturated rings. The summed E-state index contributed by atoms with van der Waals surface area (Å²) in [6.07, 6.45) is 2.92. The molecule has 0 saturated carbocycles. The van der Waals surface area contributed by atoms with Crippen LogP contribution in [0.1, 0.15) is 25.5 Å². The topological polar surface area (TPSA) is 91.0 Å². The first-order valence-electron chi connectivity index (χ1n) is 7.56. The molecule has 0 aliphatic carbocycles. The fourth-order valence-corrected chi connectivity index (χ4v) is 4.76. The van der Waals surface area contributed by atoms with Crippen molar-refractivity contribution in [3.63, 3.8) is 0 Å². The SMILES string of the molecule is Cc1[nH]nc2ncc(NC(=O)[C@@H]3CS[C@@]4(C)CCC(=O)N34)cc12. The molecular formula is C15H17N5O2S. The molecule has 23 heavy (non-hydrogen) atoms. The maximum atomic E-state index is 12.6. The molecule has 0 bridgehead atoms. The Morgan fingerprint density at radius 1 is 1.57 bits per heavy atom. The van der Waals surface area contributed by atoms with Crippen LogP contribution < -0.4 is 5.32 Å². The minimum atomic E-state index is -0.416. The van der Waals surface area contributed by atoms with Gasteiger partial charge in [-0.15, -0.1) is 11.8 Å². The Hall–Kier alpha value is -2.09. The minimum Gasteiger partial charge on any atom is -0.323 e. The summed E-state index contributed by atoms with van der Waals surface area (Å²) in [5.74, 6) is 0.546. The van der Waals surface area contributed by atoms with Crippen LogP contribution in [0, 0.1) is 6.92 Å². The van der Waals surface area contributed by atoms with Crippen LogP contribution in [0.3, 0.4) is 0 Å². The third-order valence-electron chi connectivity index (χ3n) is 4.62. The molecule has 2 amide bonds. The van der Waals surface area contributed by atoms with Crippen LogP contribution in [-0.2, 0) is 9.59 Å². The number of nitrogens with one attached hydrogen (secondary N) is 2. The fraction of sp³-hybridized carbons (Fsp3) is 0.467. The van der Waals surface area contributed by atoms with Gasteiger partial charge in [0.1, 0.15) is 6.04 Å². The summed E-state index contributed by atoms with van der Waals surface area (Å²) < 4.78 is 0. The van der Waals surface area contributed by atoms with Gasteiger partial charge in [-0.05, 0) is 26.3 Å². The molecule has 4 rings (SSSR count). The van der Waals surface area contributed by atoms with Crippen molar-refractivity contribution in [1.82, 2.24) is 20.1 Å². The number of fused-ring (bicyclic) bond motifs is 2. The largest absolute Gasteiger partial charge is 0.323 e. The van der Waals surface area contributed by atoms with Gasteiger partial charge in [0, 0.05) is 23.3 Å². The fourth-order valence-electron chi connectivity index (χ4n) is 3.33. The van der Waals surface area contributed by atoms with E-state index < -0.39 is 6.04 Å². The highest BCUT2D eigenvalue weighted by Crippen LogP contribution is 2.47. The van der Waals surface area contributed by atoms with Crippen LogP contribution in [0.5, 0.6) is 0 Å². The summed E-state index contributed by atoms with van der Waals surface area (Å²) in [6.45, 7) is 3.95. The zero-order valence-corrected chi connectivity index (χ0v) is 13.7. The second kappa shape index (κ2) is 4.95. The number of rotatable bonds is 2. The standard InChI is InChI=1S/C15H17N5O2S/c1-8-10-5-9(6-16-13(10)19-18-8)17-14(22)11-7-23-15(2)4-3-12(21)20(11)15/h5-6,11H,3-4,7H2,1-2H3,(H,17,22)(H,16,18,19)/t11-,15-/m0/s1. The van der Waals surface area contributed by atoms with E-state index in [0.29, 0.717) is 23.5 Å². The van der Waals surface area contributed by atoms with E-state index in [9.17, 15) is 9.59 Å². The molecule has 4 heterocycles. The number of carbonyl (C=O) groups is 2. The van der Waals surface area contributed by atoms with Crippen LogP contribution in [0.25, 0.3) is 11.0 Å². The highest BCUT2D eigenvalue weighted by molar-refractivity contribution is 8.01. The van der Waals surface area contributed by atoms with E-state index in [-0.39, 0.29) is 16.7 Å². The van der Waals surface area contributed by atoms with Gasteiger partial charge in [0.2, 0.25) is 11.8 Å². The van der Waals surface area contributed by atoms with Gasteiger partial charge < -0.3 is 10.2 Å². The first-order valence-corrected chi connectivity index (χ1v) is 8.54. The minimum absolute atomic E-state index is 0.0666. The summed E-state index contributed by atoms with van der Waals surface area (Å²) in [5.41, 5.74) is 2.15. The number of amides is 2. The quantitative estimate of drug-likeness (QED) is 0.873. The van der Waals surface area contributed by atoms with Gasteiger partial charge in [-0.25, -0.2) is 4.98 Å². The molecule has 2 aromatic rings. The van der Waals surface area contributed by atoms with Crippen molar-refractivity contribution in [2.45, 2.75) is 37.6 Å². The number of pyridine rings is 1. The number of hydrogen-bond donors (Lipinski definition) is 2. The highest BCUT2D eigenvalue weighted by Gasteiger charge is 2.52. The molecule has 0 unspecified atom stereocenters. The van der Waals surface area contributed by atoms with Crippen LogP contribution in [-0.4, -0.2) is 48.6 Å².